The minimum Gasteiger partial charge on any atom is -0.308 e. The zero-order chi connectivity index (χ0) is 14.1. The summed E-state index contributed by atoms with van der Waals surface area (Å²) >= 11 is 6.37. The van der Waals surface area contributed by atoms with Gasteiger partial charge >= 0.3 is 0 Å². The van der Waals surface area contributed by atoms with Gasteiger partial charge in [0.15, 0.2) is 5.65 Å². The lowest BCUT2D eigenvalue weighted by molar-refractivity contribution is 0.438. The van der Waals surface area contributed by atoms with Gasteiger partial charge in [0, 0.05) is 12.2 Å². The van der Waals surface area contributed by atoms with Crippen LogP contribution in [0.1, 0.15) is 68.3 Å². The zero-order valence-corrected chi connectivity index (χ0v) is 13.0. The van der Waals surface area contributed by atoms with Gasteiger partial charge in [-0.3, -0.25) is 0 Å². The van der Waals surface area contributed by atoms with Gasteiger partial charge in [-0.25, -0.2) is 9.97 Å². The van der Waals surface area contributed by atoms with E-state index in [-0.39, 0.29) is 5.38 Å². The molecule has 3 rings (SSSR count). The maximum absolute atomic E-state index is 6.37. The molecule has 20 heavy (non-hydrogen) atoms. The number of rotatable bonds is 2. The smallest absolute Gasteiger partial charge is 0.160 e. The number of imidazole rings is 1. The fourth-order valence-electron chi connectivity index (χ4n) is 3.26. The van der Waals surface area contributed by atoms with Crippen molar-refractivity contribution in [3.05, 3.63) is 23.7 Å². The molecule has 1 atom stereocenters. The van der Waals surface area contributed by atoms with Gasteiger partial charge in [-0.1, -0.05) is 25.7 Å². The molecule has 2 aromatic heterocycles. The molecule has 1 unspecified atom stereocenters. The molecule has 0 saturated heterocycles. The molecule has 3 nitrogen and oxygen atoms in total. The maximum Gasteiger partial charge on any atom is 0.160 e. The first-order chi connectivity index (χ1) is 9.66. The molecule has 0 amide bonds. The van der Waals surface area contributed by atoms with Crippen LogP contribution in [0.2, 0.25) is 0 Å². The molecule has 1 fully saturated rings. The van der Waals surface area contributed by atoms with Crippen molar-refractivity contribution < 1.29 is 0 Å². The SMILES string of the molecule is Cc1cnc2c(c1)nc(C(C)Cl)n2C1CCCCCC1. The van der Waals surface area contributed by atoms with Gasteiger partial charge in [-0.2, -0.15) is 0 Å². The van der Waals surface area contributed by atoms with Crippen LogP contribution < -0.4 is 0 Å². The fourth-order valence-corrected chi connectivity index (χ4v) is 3.41. The van der Waals surface area contributed by atoms with Gasteiger partial charge in [-0.15, -0.1) is 11.6 Å². The van der Waals surface area contributed by atoms with Gasteiger partial charge in [0.2, 0.25) is 0 Å². The molecule has 0 bridgehead atoms. The lowest BCUT2D eigenvalue weighted by Gasteiger charge is -2.20. The minimum absolute atomic E-state index is 0.0761. The van der Waals surface area contributed by atoms with E-state index >= 15 is 0 Å². The number of pyridine rings is 1. The second kappa shape index (κ2) is 5.72. The molecule has 2 heterocycles. The number of hydrogen-bond acceptors (Lipinski definition) is 2. The van der Waals surface area contributed by atoms with E-state index in [0.717, 1.165) is 22.6 Å². The summed E-state index contributed by atoms with van der Waals surface area (Å²) in [5, 5.41) is -0.0761. The number of alkyl halides is 1. The molecule has 0 spiro atoms. The number of aromatic nitrogens is 3. The zero-order valence-electron chi connectivity index (χ0n) is 12.3. The van der Waals surface area contributed by atoms with E-state index in [2.05, 4.69) is 22.5 Å². The number of halogens is 1. The lowest BCUT2D eigenvalue weighted by atomic mass is 10.1. The Morgan fingerprint density at radius 3 is 2.60 bits per heavy atom. The molecule has 1 aliphatic carbocycles. The summed E-state index contributed by atoms with van der Waals surface area (Å²) in [5.74, 6) is 0.978. The number of fused-ring (bicyclic) bond motifs is 1. The largest absolute Gasteiger partial charge is 0.308 e. The normalized spacial score (nSPS) is 19.1. The van der Waals surface area contributed by atoms with Crippen molar-refractivity contribution in [2.75, 3.05) is 0 Å². The standard InChI is InChI=1S/C16H22ClN3/c1-11-9-14-16(18-10-11)20(15(19-14)12(2)17)13-7-5-3-4-6-8-13/h9-10,12-13H,3-8H2,1-2H3. The van der Waals surface area contributed by atoms with Crippen molar-refractivity contribution in [2.45, 2.75) is 63.8 Å². The molecule has 4 heteroatoms. The van der Waals surface area contributed by atoms with Crippen molar-refractivity contribution in [3.8, 4) is 0 Å². The second-order valence-electron chi connectivity index (χ2n) is 5.96. The topological polar surface area (TPSA) is 30.7 Å². The summed E-state index contributed by atoms with van der Waals surface area (Å²) in [7, 11) is 0. The Bertz CT molecular complexity index is 595. The summed E-state index contributed by atoms with van der Waals surface area (Å²) in [6.45, 7) is 4.06. The molecule has 0 aliphatic heterocycles. The highest BCUT2D eigenvalue weighted by Crippen LogP contribution is 2.34. The molecule has 0 N–H and O–H groups in total. The van der Waals surface area contributed by atoms with Crippen LogP contribution in [0.5, 0.6) is 0 Å². The van der Waals surface area contributed by atoms with Gasteiger partial charge in [-0.05, 0) is 38.3 Å². The van der Waals surface area contributed by atoms with Gasteiger partial charge < -0.3 is 4.57 Å². The summed E-state index contributed by atoms with van der Waals surface area (Å²) < 4.78 is 2.32. The predicted molar refractivity (Wildman–Crippen MR) is 83.3 cm³/mol. The number of aryl methyl sites for hydroxylation is 1. The molecule has 108 valence electrons. The molecular formula is C16H22ClN3. The Kier molecular flexibility index (Phi) is 3.97. The first-order valence-electron chi connectivity index (χ1n) is 7.65. The van der Waals surface area contributed by atoms with Crippen LogP contribution >= 0.6 is 11.6 Å². The Morgan fingerprint density at radius 1 is 1.25 bits per heavy atom. The fraction of sp³-hybridized carbons (Fsp3) is 0.625. The molecule has 0 radical (unpaired) electrons. The minimum atomic E-state index is -0.0761. The molecule has 1 aliphatic rings. The maximum atomic E-state index is 6.37. The van der Waals surface area contributed by atoms with Gasteiger partial charge in [0.05, 0.1) is 5.38 Å². The van der Waals surface area contributed by atoms with Crippen molar-refractivity contribution in [3.63, 3.8) is 0 Å². The number of nitrogens with zero attached hydrogens (tertiary/aromatic N) is 3. The first-order valence-corrected chi connectivity index (χ1v) is 8.09. The van der Waals surface area contributed by atoms with Crippen LogP contribution in [0.3, 0.4) is 0 Å². The van der Waals surface area contributed by atoms with E-state index in [0.29, 0.717) is 6.04 Å². The van der Waals surface area contributed by atoms with Crippen molar-refractivity contribution in [1.82, 2.24) is 14.5 Å². The van der Waals surface area contributed by atoms with E-state index < -0.39 is 0 Å². The molecular weight excluding hydrogens is 270 g/mol. The van der Waals surface area contributed by atoms with Crippen molar-refractivity contribution in [1.29, 1.82) is 0 Å². The monoisotopic (exact) mass is 291 g/mol. The number of hydrogen-bond donors (Lipinski definition) is 0. The van der Waals surface area contributed by atoms with Gasteiger partial charge in [0.1, 0.15) is 11.3 Å². The van der Waals surface area contributed by atoms with E-state index in [4.69, 9.17) is 16.6 Å². The third-order valence-electron chi connectivity index (χ3n) is 4.24. The summed E-state index contributed by atoms with van der Waals surface area (Å²) in [6, 6.07) is 2.62. The molecule has 2 aromatic rings. The first kappa shape index (κ1) is 13.9. The van der Waals surface area contributed by atoms with E-state index in [9.17, 15) is 0 Å². The lowest BCUT2D eigenvalue weighted by Crippen LogP contribution is -2.13. The van der Waals surface area contributed by atoms with Crippen LogP contribution in [0.25, 0.3) is 11.2 Å². The van der Waals surface area contributed by atoms with Gasteiger partial charge in [0.25, 0.3) is 0 Å². The summed E-state index contributed by atoms with van der Waals surface area (Å²) in [5.41, 5.74) is 3.14. The van der Waals surface area contributed by atoms with Crippen LogP contribution in [-0.4, -0.2) is 14.5 Å². The van der Waals surface area contributed by atoms with Crippen LogP contribution in [0.15, 0.2) is 12.3 Å². The Labute approximate surface area is 125 Å². The van der Waals surface area contributed by atoms with E-state index in [1.807, 2.05) is 13.1 Å². The quantitative estimate of drug-likeness (QED) is 0.580. The highest BCUT2D eigenvalue weighted by molar-refractivity contribution is 6.20. The third kappa shape index (κ3) is 2.56. The molecule has 0 aromatic carbocycles. The molecule has 1 saturated carbocycles. The van der Waals surface area contributed by atoms with E-state index in [1.165, 1.54) is 38.5 Å². The van der Waals surface area contributed by atoms with Crippen LogP contribution in [0, 0.1) is 6.92 Å². The average molecular weight is 292 g/mol. The van der Waals surface area contributed by atoms with Crippen molar-refractivity contribution in [2.24, 2.45) is 0 Å². The van der Waals surface area contributed by atoms with E-state index in [1.54, 1.807) is 0 Å². The highest BCUT2D eigenvalue weighted by atomic mass is 35.5. The van der Waals surface area contributed by atoms with Crippen LogP contribution in [-0.2, 0) is 0 Å². The predicted octanol–water partition coefficient (Wildman–Crippen LogP) is 4.93. The Balaban J connectivity index is 2.12. The summed E-state index contributed by atoms with van der Waals surface area (Å²) in [6.07, 6.45) is 9.66. The highest BCUT2D eigenvalue weighted by Gasteiger charge is 2.23. The summed E-state index contributed by atoms with van der Waals surface area (Å²) in [4.78, 5) is 9.38. The van der Waals surface area contributed by atoms with Crippen LogP contribution in [0.4, 0.5) is 0 Å². The Hall–Kier alpha value is -1.09. The Morgan fingerprint density at radius 2 is 1.95 bits per heavy atom. The third-order valence-corrected chi connectivity index (χ3v) is 4.43. The second-order valence-corrected chi connectivity index (χ2v) is 6.61. The van der Waals surface area contributed by atoms with Crippen molar-refractivity contribution >= 4 is 22.8 Å². The average Bonchev–Trinajstić information content (AvgIpc) is 2.59.